The summed E-state index contributed by atoms with van der Waals surface area (Å²) in [5, 5.41) is 15.8. The smallest absolute Gasteiger partial charge is 0.266 e. The molecule has 3 aromatic carbocycles. The van der Waals surface area contributed by atoms with Crippen LogP contribution in [0.25, 0.3) is 6.08 Å². The van der Waals surface area contributed by atoms with Crippen LogP contribution in [0.2, 0.25) is 15.1 Å². The van der Waals surface area contributed by atoms with Crippen molar-refractivity contribution in [2.24, 2.45) is 0 Å². The number of aryl methyl sites for hydroxylation is 2. The van der Waals surface area contributed by atoms with E-state index in [9.17, 15) is 14.9 Å². The van der Waals surface area contributed by atoms with Crippen molar-refractivity contribution in [2.75, 3.05) is 17.2 Å². The number of carbonyl (C=O) groups excluding carboxylic acids is 2. The second kappa shape index (κ2) is 11.8. The summed E-state index contributed by atoms with van der Waals surface area (Å²) in [7, 11) is 0. The SMILES string of the molecule is Cc1ccc(NC(=O)/C(C#N)=C/c2ccc(OCC(=O)Nc3ccc(Cl)c(Cl)c3)c(Cl)c2)c(C)c1. The molecule has 0 fully saturated rings. The van der Waals surface area contributed by atoms with E-state index in [4.69, 9.17) is 39.5 Å². The average molecular weight is 529 g/mol. The Morgan fingerprint density at radius 1 is 0.943 bits per heavy atom. The molecule has 0 atom stereocenters. The molecule has 0 aliphatic rings. The van der Waals surface area contributed by atoms with Crippen molar-refractivity contribution >= 4 is 64.1 Å². The van der Waals surface area contributed by atoms with Crippen LogP contribution in [-0.4, -0.2) is 18.4 Å². The van der Waals surface area contributed by atoms with E-state index in [0.29, 0.717) is 27.0 Å². The number of amides is 2. The van der Waals surface area contributed by atoms with E-state index in [2.05, 4.69) is 10.6 Å². The Hall–Kier alpha value is -3.50. The van der Waals surface area contributed by atoms with E-state index in [1.807, 2.05) is 32.0 Å². The van der Waals surface area contributed by atoms with Gasteiger partial charge in [0.2, 0.25) is 0 Å². The van der Waals surface area contributed by atoms with Crippen molar-refractivity contribution < 1.29 is 14.3 Å². The van der Waals surface area contributed by atoms with Crippen LogP contribution in [0.4, 0.5) is 11.4 Å². The maximum atomic E-state index is 12.6. The number of hydrogen-bond donors (Lipinski definition) is 2. The Labute approximate surface area is 218 Å². The first-order valence-electron chi connectivity index (χ1n) is 10.3. The number of rotatable bonds is 7. The van der Waals surface area contributed by atoms with Gasteiger partial charge in [-0.3, -0.25) is 9.59 Å². The molecule has 178 valence electrons. The molecular formula is C26H20Cl3N3O3. The van der Waals surface area contributed by atoms with Crippen molar-refractivity contribution in [3.8, 4) is 11.8 Å². The van der Waals surface area contributed by atoms with Crippen molar-refractivity contribution in [3.05, 3.63) is 91.9 Å². The van der Waals surface area contributed by atoms with E-state index in [-0.39, 0.29) is 23.0 Å². The van der Waals surface area contributed by atoms with Gasteiger partial charge in [0.15, 0.2) is 6.61 Å². The van der Waals surface area contributed by atoms with E-state index >= 15 is 0 Å². The highest BCUT2D eigenvalue weighted by Gasteiger charge is 2.13. The molecule has 2 N–H and O–H groups in total. The van der Waals surface area contributed by atoms with Gasteiger partial charge in [-0.15, -0.1) is 0 Å². The van der Waals surface area contributed by atoms with Gasteiger partial charge in [-0.25, -0.2) is 0 Å². The Bertz CT molecular complexity index is 1360. The Kier molecular flexibility index (Phi) is 8.78. The first-order chi connectivity index (χ1) is 16.7. The number of ether oxygens (including phenoxy) is 1. The first kappa shape index (κ1) is 26.1. The largest absolute Gasteiger partial charge is 0.482 e. The quantitative estimate of drug-likeness (QED) is 0.260. The average Bonchev–Trinajstić information content (AvgIpc) is 2.81. The van der Waals surface area contributed by atoms with Gasteiger partial charge in [0, 0.05) is 11.4 Å². The predicted molar refractivity (Wildman–Crippen MR) is 140 cm³/mol. The Morgan fingerprint density at radius 3 is 2.37 bits per heavy atom. The third-order valence-corrected chi connectivity index (χ3v) is 5.86. The van der Waals surface area contributed by atoms with Crippen LogP contribution in [0, 0.1) is 25.2 Å². The normalized spacial score (nSPS) is 10.9. The molecule has 0 saturated heterocycles. The van der Waals surface area contributed by atoms with E-state index in [1.165, 1.54) is 18.2 Å². The van der Waals surface area contributed by atoms with Crippen molar-refractivity contribution in [3.63, 3.8) is 0 Å². The molecule has 35 heavy (non-hydrogen) atoms. The van der Waals surface area contributed by atoms with Crippen LogP contribution in [0.15, 0.2) is 60.2 Å². The summed E-state index contributed by atoms with van der Waals surface area (Å²) >= 11 is 18.1. The molecule has 2 amide bonds. The Balaban J connectivity index is 1.64. The second-order valence-electron chi connectivity index (χ2n) is 7.60. The van der Waals surface area contributed by atoms with Crippen molar-refractivity contribution in [1.29, 1.82) is 5.26 Å². The van der Waals surface area contributed by atoms with Crippen LogP contribution in [0.5, 0.6) is 5.75 Å². The zero-order valence-electron chi connectivity index (χ0n) is 18.8. The van der Waals surface area contributed by atoms with Gasteiger partial charge in [-0.05, 0) is 67.4 Å². The molecule has 0 unspecified atom stereocenters. The molecule has 9 heteroatoms. The van der Waals surface area contributed by atoms with Crippen molar-refractivity contribution in [1.82, 2.24) is 0 Å². The summed E-state index contributed by atoms with van der Waals surface area (Å²) in [4.78, 5) is 24.8. The van der Waals surface area contributed by atoms with Gasteiger partial charge >= 0.3 is 0 Å². The zero-order chi connectivity index (χ0) is 25.5. The number of nitrogens with one attached hydrogen (secondary N) is 2. The number of benzene rings is 3. The fourth-order valence-corrected chi connectivity index (χ4v) is 3.64. The molecule has 0 aliphatic carbocycles. The number of anilines is 2. The van der Waals surface area contributed by atoms with E-state index in [1.54, 1.807) is 30.3 Å². The third kappa shape index (κ3) is 7.24. The van der Waals surface area contributed by atoms with Crippen LogP contribution in [0.1, 0.15) is 16.7 Å². The minimum Gasteiger partial charge on any atom is -0.482 e. The first-order valence-corrected chi connectivity index (χ1v) is 11.5. The van der Waals surface area contributed by atoms with E-state index in [0.717, 1.165) is 11.1 Å². The maximum Gasteiger partial charge on any atom is 0.266 e. The van der Waals surface area contributed by atoms with Crippen LogP contribution >= 0.6 is 34.8 Å². The van der Waals surface area contributed by atoms with E-state index < -0.39 is 11.8 Å². The molecule has 0 heterocycles. The standard InChI is InChI=1S/C26H20Cl3N3O3/c1-15-3-7-23(16(2)9-15)32-26(34)18(13-30)10-17-4-8-24(22(29)11-17)35-14-25(33)31-19-5-6-20(27)21(28)12-19/h3-12H,14H2,1-2H3,(H,31,33)(H,32,34)/b18-10+. The molecule has 3 aromatic rings. The molecular weight excluding hydrogens is 509 g/mol. The van der Waals surface area contributed by atoms with Crippen LogP contribution in [-0.2, 0) is 9.59 Å². The number of carbonyl (C=O) groups is 2. The number of nitriles is 1. The molecule has 0 aromatic heterocycles. The molecule has 3 rings (SSSR count). The molecule has 0 saturated carbocycles. The van der Waals surface area contributed by atoms with Gasteiger partial charge in [-0.2, -0.15) is 5.26 Å². The lowest BCUT2D eigenvalue weighted by molar-refractivity contribution is -0.118. The lowest BCUT2D eigenvalue weighted by atomic mass is 10.1. The monoisotopic (exact) mass is 527 g/mol. The number of hydrogen-bond acceptors (Lipinski definition) is 4. The molecule has 0 bridgehead atoms. The predicted octanol–water partition coefficient (Wildman–Crippen LogP) is 6.83. The highest BCUT2D eigenvalue weighted by molar-refractivity contribution is 6.42. The summed E-state index contributed by atoms with van der Waals surface area (Å²) < 4.78 is 5.49. The van der Waals surface area contributed by atoms with Gasteiger partial charge in [0.1, 0.15) is 17.4 Å². The fourth-order valence-electron chi connectivity index (χ4n) is 3.10. The van der Waals surface area contributed by atoms with Crippen LogP contribution < -0.4 is 15.4 Å². The highest BCUT2D eigenvalue weighted by Crippen LogP contribution is 2.27. The minimum atomic E-state index is -0.533. The van der Waals surface area contributed by atoms with Gasteiger partial charge in [-0.1, -0.05) is 58.6 Å². The van der Waals surface area contributed by atoms with Gasteiger partial charge in [0.25, 0.3) is 11.8 Å². The zero-order valence-corrected chi connectivity index (χ0v) is 21.1. The van der Waals surface area contributed by atoms with Crippen LogP contribution in [0.3, 0.4) is 0 Å². The summed E-state index contributed by atoms with van der Waals surface area (Å²) in [6.07, 6.45) is 1.42. The second-order valence-corrected chi connectivity index (χ2v) is 8.82. The number of halogens is 3. The lowest BCUT2D eigenvalue weighted by Gasteiger charge is -2.10. The third-order valence-electron chi connectivity index (χ3n) is 4.82. The lowest BCUT2D eigenvalue weighted by Crippen LogP contribution is -2.20. The topological polar surface area (TPSA) is 91.2 Å². The van der Waals surface area contributed by atoms with Gasteiger partial charge in [0.05, 0.1) is 15.1 Å². The van der Waals surface area contributed by atoms with Gasteiger partial charge < -0.3 is 15.4 Å². The summed E-state index contributed by atoms with van der Waals surface area (Å²) in [6, 6.07) is 16.9. The fraction of sp³-hybridized carbons (Fsp3) is 0.115. The molecule has 0 radical (unpaired) electrons. The highest BCUT2D eigenvalue weighted by atomic mass is 35.5. The summed E-state index contributed by atoms with van der Waals surface area (Å²) in [5.41, 5.74) is 3.50. The summed E-state index contributed by atoms with van der Waals surface area (Å²) in [5.74, 6) is -0.681. The molecule has 6 nitrogen and oxygen atoms in total. The molecule has 0 aliphatic heterocycles. The molecule has 0 spiro atoms. The minimum absolute atomic E-state index is 0.0873. The maximum absolute atomic E-state index is 12.6. The Morgan fingerprint density at radius 2 is 1.71 bits per heavy atom. The van der Waals surface area contributed by atoms with Crippen molar-refractivity contribution in [2.45, 2.75) is 13.8 Å². The number of nitrogens with zero attached hydrogens (tertiary/aromatic N) is 1. The summed E-state index contributed by atoms with van der Waals surface area (Å²) in [6.45, 7) is 3.54.